The number of aromatic nitrogens is 2. The summed E-state index contributed by atoms with van der Waals surface area (Å²) in [5.74, 6) is 0.227. The van der Waals surface area contributed by atoms with Crippen LogP contribution in [0.4, 0.5) is 4.39 Å². The molecule has 0 saturated heterocycles. The summed E-state index contributed by atoms with van der Waals surface area (Å²) < 4.78 is 18.9. The average Bonchev–Trinajstić information content (AvgIpc) is 3.15. The zero-order chi connectivity index (χ0) is 17.6. The Labute approximate surface area is 144 Å². The highest BCUT2D eigenvalue weighted by molar-refractivity contribution is 5.76. The molecule has 0 bridgehead atoms. The first-order valence-electron chi connectivity index (χ1n) is 7.99. The van der Waals surface area contributed by atoms with Gasteiger partial charge < -0.3 is 9.73 Å². The highest BCUT2D eigenvalue weighted by atomic mass is 19.1. The Kier molecular flexibility index (Phi) is 5.18. The van der Waals surface area contributed by atoms with Gasteiger partial charge in [0.15, 0.2) is 5.76 Å². The molecular formula is C19H18FN3O2. The fourth-order valence-electron chi connectivity index (χ4n) is 2.44. The number of hydrogen-bond donors (Lipinski definition) is 1. The topological polar surface area (TPSA) is 68.0 Å². The van der Waals surface area contributed by atoms with E-state index in [1.165, 1.54) is 6.07 Å². The fourth-order valence-corrected chi connectivity index (χ4v) is 2.44. The Morgan fingerprint density at radius 2 is 2.08 bits per heavy atom. The first kappa shape index (κ1) is 16.8. The third-order valence-corrected chi connectivity index (χ3v) is 3.86. The molecule has 0 spiro atoms. The zero-order valence-electron chi connectivity index (χ0n) is 13.8. The van der Waals surface area contributed by atoms with E-state index in [4.69, 9.17) is 4.42 Å². The Bertz CT molecular complexity index is 863. The van der Waals surface area contributed by atoms with Crippen LogP contribution in [0.5, 0.6) is 0 Å². The fraction of sp³-hybridized carbons (Fsp3) is 0.211. The van der Waals surface area contributed by atoms with Gasteiger partial charge in [0, 0.05) is 18.8 Å². The molecule has 0 radical (unpaired) electrons. The van der Waals surface area contributed by atoms with Crippen LogP contribution in [-0.4, -0.2) is 15.9 Å². The Morgan fingerprint density at radius 3 is 2.84 bits per heavy atom. The van der Waals surface area contributed by atoms with Crippen molar-refractivity contribution in [2.75, 3.05) is 0 Å². The van der Waals surface area contributed by atoms with Gasteiger partial charge in [0.2, 0.25) is 5.91 Å². The van der Waals surface area contributed by atoms with Crippen LogP contribution in [0.2, 0.25) is 0 Å². The number of amides is 1. The molecule has 2 heterocycles. The Balaban J connectivity index is 1.57. The molecule has 128 valence electrons. The van der Waals surface area contributed by atoms with Crippen LogP contribution >= 0.6 is 0 Å². The van der Waals surface area contributed by atoms with Crippen molar-refractivity contribution < 1.29 is 13.6 Å². The number of carbonyl (C=O) groups excluding carboxylic acids is 1. The second kappa shape index (κ2) is 7.70. The van der Waals surface area contributed by atoms with Crippen molar-refractivity contribution in [3.63, 3.8) is 0 Å². The van der Waals surface area contributed by atoms with E-state index in [2.05, 4.69) is 15.3 Å². The predicted octanol–water partition coefficient (Wildman–Crippen LogP) is 3.43. The number of nitrogens with one attached hydrogen (secondary N) is 1. The lowest BCUT2D eigenvalue weighted by Crippen LogP contribution is -2.24. The second-order valence-corrected chi connectivity index (χ2v) is 5.69. The highest BCUT2D eigenvalue weighted by Gasteiger charge is 2.11. The lowest BCUT2D eigenvalue weighted by molar-refractivity contribution is -0.121. The van der Waals surface area contributed by atoms with Gasteiger partial charge in [0.25, 0.3) is 0 Å². The summed E-state index contributed by atoms with van der Waals surface area (Å²) in [7, 11) is 0. The third kappa shape index (κ3) is 4.29. The van der Waals surface area contributed by atoms with E-state index in [-0.39, 0.29) is 24.7 Å². The van der Waals surface area contributed by atoms with E-state index >= 15 is 0 Å². The van der Waals surface area contributed by atoms with Gasteiger partial charge in [-0.3, -0.25) is 9.78 Å². The summed E-state index contributed by atoms with van der Waals surface area (Å²) >= 11 is 0. The van der Waals surface area contributed by atoms with Gasteiger partial charge in [-0.25, -0.2) is 9.37 Å². The maximum absolute atomic E-state index is 13.5. The molecule has 6 heteroatoms. The summed E-state index contributed by atoms with van der Waals surface area (Å²) in [5, 5.41) is 2.82. The predicted molar refractivity (Wildman–Crippen MR) is 91.0 cm³/mol. The molecule has 0 atom stereocenters. The molecule has 3 aromatic rings. The van der Waals surface area contributed by atoms with Crippen LogP contribution in [0.1, 0.15) is 23.2 Å². The molecule has 1 amide bonds. The minimum Gasteiger partial charge on any atom is -0.463 e. The molecule has 0 aliphatic carbocycles. The zero-order valence-corrected chi connectivity index (χ0v) is 13.8. The molecule has 5 nitrogen and oxygen atoms in total. The molecule has 0 fully saturated rings. The monoisotopic (exact) mass is 339 g/mol. The van der Waals surface area contributed by atoms with Gasteiger partial charge in [0.1, 0.15) is 11.5 Å². The van der Waals surface area contributed by atoms with E-state index in [0.29, 0.717) is 29.1 Å². The van der Waals surface area contributed by atoms with E-state index in [1.54, 1.807) is 43.8 Å². The molecule has 25 heavy (non-hydrogen) atoms. The normalized spacial score (nSPS) is 10.6. The SMILES string of the molecule is Cc1ccc(CCC(=O)NCc2nccnc2-c2ccco2)cc1F. The average molecular weight is 339 g/mol. The summed E-state index contributed by atoms with van der Waals surface area (Å²) in [5.41, 5.74) is 2.64. The first-order valence-corrected chi connectivity index (χ1v) is 7.99. The van der Waals surface area contributed by atoms with Gasteiger partial charge in [0.05, 0.1) is 18.5 Å². The Hall–Kier alpha value is -3.02. The van der Waals surface area contributed by atoms with Gasteiger partial charge >= 0.3 is 0 Å². The van der Waals surface area contributed by atoms with Crippen LogP contribution in [0, 0.1) is 12.7 Å². The number of halogens is 1. The lowest BCUT2D eigenvalue weighted by Gasteiger charge is -2.08. The van der Waals surface area contributed by atoms with Crippen molar-refractivity contribution in [1.29, 1.82) is 0 Å². The summed E-state index contributed by atoms with van der Waals surface area (Å²) in [6, 6.07) is 8.59. The minimum atomic E-state index is -0.249. The second-order valence-electron chi connectivity index (χ2n) is 5.69. The highest BCUT2D eigenvalue weighted by Crippen LogP contribution is 2.19. The standard InChI is InChI=1S/C19H18FN3O2/c1-13-4-5-14(11-15(13)20)6-7-18(24)23-12-16-19(22-9-8-21-16)17-3-2-10-25-17/h2-5,8-11H,6-7,12H2,1H3,(H,23,24). The van der Waals surface area contributed by atoms with Gasteiger partial charge in [-0.15, -0.1) is 0 Å². The van der Waals surface area contributed by atoms with E-state index in [1.807, 2.05) is 6.07 Å². The number of aryl methyl sites for hydroxylation is 2. The molecule has 0 aliphatic rings. The number of nitrogens with zero attached hydrogens (tertiary/aromatic N) is 2. The van der Waals surface area contributed by atoms with Crippen molar-refractivity contribution in [3.05, 3.63) is 71.6 Å². The summed E-state index contributed by atoms with van der Waals surface area (Å²) in [6.45, 7) is 1.97. The van der Waals surface area contributed by atoms with E-state index in [0.717, 1.165) is 5.56 Å². The maximum Gasteiger partial charge on any atom is 0.220 e. The summed E-state index contributed by atoms with van der Waals surface area (Å²) in [4.78, 5) is 20.6. The van der Waals surface area contributed by atoms with Gasteiger partial charge in [-0.05, 0) is 42.7 Å². The largest absolute Gasteiger partial charge is 0.463 e. The van der Waals surface area contributed by atoms with Crippen molar-refractivity contribution >= 4 is 5.91 Å². The molecule has 1 N–H and O–H groups in total. The number of hydrogen-bond acceptors (Lipinski definition) is 4. The van der Waals surface area contributed by atoms with Crippen molar-refractivity contribution in [2.24, 2.45) is 0 Å². The molecule has 1 aromatic carbocycles. The maximum atomic E-state index is 13.5. The number of benzene rings is 1. The summed E-state index contributed by atoms with van der Waals surface area (Å²) in [6.07, 6.45) is 5.47. The van der Waals surface area contributed by atoms with Gasteiger partial charge in [-0.1, -0.05) is 12.1 Å². The van der Waals surface area contributed by atoms with Crippen LogP contribution in [0.3, 0.4) is 0 Å². The number of carbonyl (C=O) groups is 1. The molecule has 0 saturated carbocycles. The van der Waals surface area contributed by atoms with Crippen LogP contribution in [0.25, 0.3) is 11.5 Å². The van der Waals surface area contributed by atoms with Crippen molar-refractivity contribution in [1.82, 2.24) is 15.3 Å². The van der Waals surface area contributed by atoms with Crippen LogP contribution < -0.4 is 5.32 Å². The van der Waals surface area contributed by atoms with Crippen LogP contribution in [-0.2, 0) is 17.8 Å². The Morgan fingerprint density at radius 1 is 1.24 bits per heavy atom. The number of furan rings is 1. The molecule has 3 rings (SSSR count). The molecule has 0 unspecified atom stereocenters. The van der Waals surface area contributed by atoms with Crippen molar-refractivity contribution in [3.8, 4) is 11.5 Å². The van der Waals surface area contributed by atoms with Crippen LogP contribution in [0.15, 0.2) is 53.4 Å². The third-order valence-electron chi connectivity index (χ3n) is 3.86. The quantitative estimate of drug-likeness (QED) is 0.747. The first-order chi connectivity index (χ1) is 12.1. The molecular weight excluding hydrogens is 321 g/mol. The molecule has 2 aromatic heterocycles. The van der Waals surface area contributed by atoms with E-state index in [9.17, 15) is 9.18 Å². The smallest absolute Gasteiger partial charge is 0.220 e. The van der Waals surface area contributed by atoms with Gasteiger partial charge in [-0.2, -0.15) is 0 Å². The molecule has 0 aliphatic heterocycles. The van der Waals surface area contributed by atoms with E-state index < -0.39 is 0 Å². The lowest BCUT2D eigenvalue weighted by atomic mass is 10.1. The number of rotatable bonds is 6. The minimum absolute atomic E-state index is 0.128. The van der Waals surface area contributed by atoms with Crippen molar-refractivity contribution in [2.45, 2.75) is 26.3 Å².